The minimum absolute atomic E-state index is 0.517. The molecule has 1 aromatic heterocycles. The Bertz CT molecular complexity index is 408. The van der Waals surface area contributed by atoms with E-state index in [1.54, 1.807) is 4.90 Å². The van der Waals surface area contributed by atoms with E-state index in [2.05, 4.69) is 10.2 Å². The van der Waals surface area contributed by atoms with Gasteiger partial charge in [-0.2, -0.15) is 0 Å². The Morgan fingerprint density at radius 3 is 2.36 bits per heavy atom. The first-order valence-electron chi connectivity index (χ1n) is 4.33. The average Bonchev–Trinajstić information content (AvgIpc) is 2.68. The van der Waals surface area contributed by atoms with Crippen molar-refractivity contribution < 1.29 is 4.42 Å². The van der Waals surface area contributed by atoms with Crippen molar-refractivity contribution in [1.82, 2.24) is 10.2 Å². The summed E-state index contributed by atoms with van der Waals surface area (Å²) in [6, 6.07) is 10.2. The van der Waals surface area contributed by atoms with Crippen LogP contribution in [0.25, 0.3) is 11.5 Å². The third-order valence-electron chi connectivity index (χ3n) is 1.82. The van der Waals surface area contributed by atoms with Crippen LogP contribution < -0.4 is 4.90 Å². The van der Waals surface area contributed by atoms with E-state index in [0.29, 0.717) is 11.9 Å². The maximum atomic E-state index is 5.43. The van der Waals surface area contributed by atoms with Gasteiger partial charge < -0.3 is 9.32 Å². The number of aromatic nitrogens is 2. The van der Waals surface area contributed by atoms with Crippen LogP contribution in [-0.4, -0.2) is 24.3 Å². The summed E-state index contributed by atoms with van der Waals surface area (Å²) in [6.07, 6.45) is 0. The number of hydrogen-bond donors (Lipinski definition) is 0. The van der Waals surface area contributed by atoms with Gasteiger partial charge in [0.15, 0.2) is 0 Å². The number of nitrogens with zero attached hydrogens (tertiary/aromatic N) is 3. The van der Waals surface area contributed by atoms with Crippen molar-refractivity contribution in [3.05, 3.63) is 30.3 Å². The van der Waals surface area contributed by atoms with Crippen molar-refractivity contribution in [2.75, 3.05) is 19.0 Å². The van der Waals surface area contributed by atoms with Crippen LogP contribution >= 0.6 is 0 Å². The largest absolute Gasteiger partial charge is 0.403 e. The van der Waals surface area contributed by atoms with E-state index in [1.165, 1.54) is 0 Å². The predicted octanol–water partition coefficient (Wildman–Crippen LogP) is 1.80. The summed E-state index contributed by atoms with van der Waals surface area (Å²) >= 11 is 0. The van der Waals surface area contributed by atoms with Gasteiger partial charge in [-0.15, -0.1) is 5.10 Å². The molecule has 0 spiro atoms. The van der Waals surface area contributed by atoms with Crippen molar-refractivity contribution in [2.45, 2.75) is 0 Å². The highest BCUT2D eigenvalue weighted by Gasteiger charge is 2.08. The van der Waals surface area contributed by atoms with Gasteiger partial charge in [0.1, 0.15) is 0 Å². The molecule has 0 amide bonds. The highest BCUT2D eigenvalue weighted by atomic mass is 16.4. The van der Waals surface area contributed by atoms with Gasteiger partial charge in [0.05, 0.1) is 0 Å². The van der Waals surface area contributed by atoms with Crippen LogP contribution in [0.1, 0.15) is 0 Å². The van der Waals surface area contributed by atoms with Crippen LogP contribution in [-0.2, 0) is 0 Å². The number of anilines is 1. The fourth-order valence-corrected chi connectivity index (χ4v) is 1.09. The molecule has 0 atom stereocenters. The molecule has 0 bridgehead atoms. The van der Waals surface area contributed by atoms with E-state index in [9.17, 15) is 0 Å². The van der Waals surface area contributed by atoms with Crippen molar-refractivity contribution in [1.29, 1.82) is 0 Å². The summed E-state index contributed by atoms with van der Waals surface area (Å²) < 4.78 is 5.43. The van der Waals surface area contributed by atoms with Crippen molar-refractivity contribution in [3.8, 4) is 11.5 Å². The third kappa shape index (κ3) is 1.59. The summed E-state index contributed by atoms with van der Waals surface area (Å²) in [7, 11) is 3.73. The third-order valence-corrected chi connectivity index (χ3v) is 1.82. The van der Waals surface area contributed by atoms with Crippen molar-refractivity contribution >= 4 is 6.01 Å². The van der Waals surface area contributed by atoms with Gasteiger partial charge >= 0.3 is 6.01 Å². The molecule has 1 heterocycles. The molecule has 2 rings (SSSR count). The molecule has 0 N–H and O–H groups in total. The molecule has 0 saturated heterocycles. The Balaban J connectivity index is 2.34. The summed E-state index contributed by atoms with van der Waals surface area (Å²) in [5.41, 5.74) is 0.938. The first-order chi connectivity index (χ1) is 6.77. The molecule has 4 heteroatoms. The number of hydrogen-bond acceptors (Lipinski definition) is 4. The van der Waals surface area contributed by atoms with Crippen LogP contribution in [0.5, 0.6) is 0 Å². The smallest absolute Gasteiger partial charge is 0.317 e. The molecular weight excluding hydrogens is 178 g/mol. The standard InChI is InChI=1S/C10H11N3O/c1-13(2)10-12-11-9(14-10)8-6-4-3-5-7-8/h3-7H,1-2H3. The zero-order valence-corrected chi connectivity index (χ0v) is 8.14. The van der Waals surface area contributed by atoms with Gasteiger partial charge in [0.25, 0.3) is 0 Å². The average molecular weight is 189 g/mol. The lowest BCUT2D eigenvalue weighted by atomic mass is 10.2. The van der Waals surface area contributed by atoms with Gasteiger partial charge in [-0.05, 0) is 12.1 Å². The zero-order chi connectivity index (χ0) is 9.97. The normalized spacial score (nSPS) is 10.1. The monoisotopic (exact) mass is 189 g/mol. The molecule has 1 aromatic carbocycles. The summed E-state index contributed by atoms with van der Waals surface area (Å²) in [5.74, 6) is 0.550. The molecule has 0 aliphatic carbocycles. The highest BCUT2D eigenvalue weighted by Crippen LogP contribution is 2.19. The quantitative estimate of drug-likeness (QED) is 0.722. The van der Waals surface area contributed by atoms with Gasteiger partial charge in [-0.1, -0.05) is 23.3 Å². The second-order valence-electron chi connectivity index (χ2n) is 3.15. The second kappa shape index (κ2) is 3.49. The first kappa shape index (κ1) is 8.74. The maximum Gasteiger partial charge on any atom is 0.317 e. The first-order valence-corrected chi connectivity index (χ1v) is 4.33. The van der Waals surface area contributed by atoms with Crippen LogP contribution in [0.3, 0.4) is 0 Å². The number of rotatable bonds is 2. The van der Waals surface area contributed by atoms with E-state index < -0.39 is 0 Å². The molecular formula is C10H11N3O. The van der Waals surface area contributed by atoms with E-state index >= 15 is 0 Å². The van der Waals surface area contributed by atoms with E-state index in [1.807, 2.05) is 44.4 Å². The molecule has 72 valence electrons. The summed E-state index contributed by atoms with van der Waals surface area (Å²) in [5, 5.41) is 7.85. The molecule has 0 unspecified atom stereocenters. The van der Waals surface area contributed by atoms with E-state index in [4.69, 9.17) is 4.42 Å². The molecule has 2 aromatic rings. The summed E-state index contributed by atoms with van der Waals surface area (Å²) in [6.45, 7) is 0. The van der Waals surface area contributed by atoms with Crippen LogP contribution in [0, 0.1) is 0 Å². The van der Waals surface area contributed by atoms with Gasteiger partial charge in [-0.25, -0.2) is 0 Å². The SMILES string of the molecule is CN(C)c1nnc(-c2ccccc2)o1. The molecule has 0 fully saturated rings. The van der Waals surface area contributed by atoms with Crippen LogP contribution in [0.15, 0.2) is 34.7 Å². The van der Waals surface area contributed by atoms with Crippen molar-refractivity contribution in [2.24, 2.45) is 0 Å². The fourth-order valence-electron chi connectivity index (χ4n) is 1.09. The fraction of sp³-hybridized carbons (Fsp3) is 0.200. The Morgan fingerprint density at radius 1 is 1.07 bits per heavy atom. The topological polar surface area (TPSA) is 42.2 Å². The molecule has 0 saturated carbocycles. The summed E-state index contributed by atoms with van der Waals surface area (Å²) in [4.78, 5) is 1.78. The number of benzene rings is 1. The van der Waals surface area contributed by atoms with E-state index in [0.717, 1.165) is 5.56 Å². The molecule has 14 heavy (non-hydrogen) atoms. The Kier molecular flexibility index (Phi) is 2.18. The Labute approximate surface area is 82.2 Å². The van der Waals surface area contributed by atoms with Crippen molar-refractivity contribution in [3.63, 3.8) is 0 Å². The highest BCUT2D eigenvalue weighted by molar-refractivity contribution is 5.52. The minimum Gasteiger partial charge on any atom is -0.403 e. The van der Waals surface area contributed by atoms with Gasteiger partial charge in [0, 0.05) is 19.7 Å². The molecule has 0 aliphatic heterocycles. The molecule has 0 aliphatic rings. The van der Waals surface area contributed by atoms with Gasteiger partial charge in [0.2, 0.25) is 5.89 Å². The lowest BCUT2D eigenvalue weighted by molar-refractivity contribution is 0.566. The second-order valence-corrected chi connectivity index (χ2v) is 3.15. The van der Waals surface area contributed by atoms with E-state index in [-0.39, 0.29) is 0 Å². The van der Waals surface area contributed by atoms with Crippen LogP contribution in [0.2, 0.25) is 0 Å². The maximum absolute atomic E-state index is 5.43. The molecule has 4 nitrogen and oxygen atoms in total. The minimum atomic E-state index is 0.517. The Morgan fingerprint density at radius 2 is 1.79 bits per heavy atom. The lowest BCUT2D eigenvalue weighted by Gasteiger charge is -2.02. The van der Waals surface area contributed by atoms with Gasteiger partial charge in [-0.3, -0.25) is 0 Å². The lowest BCUT2D eigenvalue weighted by Crippen LogP contribution is -2.08. The molecule has 0 radical (unpaired) electrons. The Hall–Kier alpha value is -1.84. The predicted molar refractivity (Wildman–Crippen MR) is 54.1 cm³/mol. The zero-order valence-electron chi connectivity index (χ0n) is 8.14. The van der Waals surface area contributed by atoms with Crippen LogP contribution in [0.4, 0.5) is 6.01 Å².